The van der Waals surface area contributed by atoms with Crippen LogP contribution in [0.4, 0.5) is 0 Å². The molecule has 0 amide bonds. The average molecular weight is 418 g/mol. The Balaban J connectivity index is 1.67. The highest BCUT2D eigenvalue weighted by Crippen LogP contribution is 2.31. The molecule has 1 aliphatic heterocycles. The van der Waals surface area contributed by atoms with E-state index >= 15 is 0 Å². The summed E-state index contributed by atoms with van der Waals surface area (Å²) in [4.78, 5) is 25.0. The summed E-state index contributed by atoms with van der Waals surface area (Å²) in [6.07, 6.45) is 0. The third kappa shape index (κ3) is 3.40. The lowest BCUT2D eigenvalue weighted by Gasteiger charge is -2.18. The fourth-order valence-electron chi connectivity index (χ4n) is 3.02. The Kier molecular flexibility index (Phi) is 4.67. The number of Topliss-reactive ketones (excluding diaryl/α,β-unsaturated/α-hetero) is 1. The van der Waals surface area contributed by atoms with Gasteiger partial charge < -0.3 is 13.9 Å². The summed E-state index contributed by atoms with van der Waals surface area (Å²) in [6, 6.07) is 8.93. The van der Waals surface area contributed by atoms with Gasteiger partial charge in [0.25, 0.3) is 0 Å². The van der Waals surface area contributed by atoms with Gasteiger partial charge in [0.2, 0.25) is 10.0 Å². The second kappa shape index (κ2) is 7.05. The molecular formula is C19H18N2O7S. The number of rotatable bonds is 5. The molecule has 0 N–H and O–H groups in total. The average Bonchev–Trinajstić information content (AvgIpc) is 3.01. The number of sulfonamides is 1. The van der Waals surface area contributed by atoms with Crippen LogP contribution >= 0.6 is 0 Å². The van der Waals surface area contributed by atoms with Crippen LogP contribution in [0.5, 0.6) is 11.5 Å². The van der Waals surface area contributed by atoms with Crippen molar-refractivity contribution < 1.29 is 27.1 Å². The van der Waals surface area contributed by atoms with Crippen molar-refractivity contribution in [1.82, 2.24) is 8.87 Å². The van der Waals surface area contributed by atoms with Crippen molar-refractivity contribution >= 4 is 26.9 Å². The first-order valence-electron chi connectivity index (χ1n) is 8.76. The molecule has 29 heavy (non-hydrogen) atoms. The van der Waals surface area contributed by atoms with E-state index in [1.165, 1.54) is 36.9 Å². The molecule has 1 aliphatic rings. The fraction of sp³-hybridized carbons (Fsp3) is 0.263. The first-order chi connectivity index (χ1) is 13.8. The zero-order valence-electron chi connectivity index (χ0n) is 15.7. The smallest absolute Gasteiger partial charge is 0.420 e. The predicted octanol–water partition coefficient (Wildman–Crippen LogP) is 1.50. The third-order valence-corrected chi connectivity index (χ3v) is 6.40. The van der Waals surface area contributed by atoms with E-state index in [4.69, 9.17) is 13.9 Å². The molecule has 0 atom stereocenters. The number of nitrogens with zero attached hydrogens (tertiary/aromatic N) is 2. The molecule has 0 radical (unpaired) electrons. The Labute approximate surface area is 166 Å². The summed E-state index contributed by atoms with van der Waals surface area (Å²) in [5, 5.41) is 0. The summed E-state index contributed by atoms with van der Waals surface area (Å²) in [5.74, 6) is -0.0274. The van der Waals surface area contributed by atoms with Crippen molar-refractivity contribution in [3.05, 3.63) is 52.5 Å². The van der Waals surface area contributed by atoms with Gasteiger partial charge in [0.15, 0.2) is 22.9 Å². The Hall–Kier alpha value is -3.11. The summed E-state index contributed by atoms with van der Waals surface area (Å²) < 4.78 is 42.9. The highest BCUT2D eigenvalue weighted by atomic mass is 32.2. The molecule has 1 aromatic heterocycles. The molecule has 2 aromatic carbocycles. The van der Waals surface area contributed by atoms with Gasteiger partial charge in [0.1, 0.15) is 13.2 Å². The molecule has 0 unspecified atom stereocenters. The van der Waals surface area contributed by atoms with Gasteiger partial charge in [0, 0.05) is 25.7 Å². The molecule has 2 heterocycles. The van der Waals surface area contributed by atoms with Gasteiger partial charge in [-0.3, -0.25) is 9.36 Å². The summed E-state index contributed by atoms with van der Waals surface area (Å²) in [7, 11) is -0.858. The van der Waals surface area contributed by atoms with Crippen LogP contribution in [-0.2, 0) is 16.6 Å². The van der Waals surface area contributed by atoms with Crippen molar-refractivity contribution in [3.63, 3.8) is 0 Å². The molecule has 9 nitrogen and oxygen atoms in total. The monoisotopic (exact) mass is 418 g/mol. The number of fused-ring (bicyclic) bond motifs is 2. The Bertz CT molecular complexity index is 1270. The third-order valence-electron chi connectivity index (χ3n) is 4.58. The van der Waals surface area contributed by atoms with Crippen LogP contribution in [0.25, 0.3) is 11.1 Å². The fourth-order valence-corrected chi connectivity index (χ4v) is 3.94. The maximum atomic E-state index is 12.7. The Morgan fingerprint density at radius 2 is 1.79 bits per heavy atom. The van der Waals surface area contributed by atoms with Gasteiger partial charge in [-0.05, 0) is 30.3 Å². The number of ether oxygens (including phenoxy) is 2. The van der Waals surface area contributed by atoms with E-state index in [2.05, 4.69) is 0 Å². The zero-order valence-corrected chi connectivity index (χ0v) is 16.6. The van der Waals surface area contributed by atoms with Gasteiger partial charge in [-0.1, -0.05) is 0 Å². The standard InChI is InChI=1S/C19H18N2O7S/c1-20(2)29(24,25)13-4-5-14-17(10-13)28-19(23)21(14)11-15(22)12-3-6-16-18(9-12)27-8-7-26-16/h3-6,9-10H,7-8,11H2,1-2H3. The molecule has 0 bridgehead atoms. The maximum absolute atomic E-state index is 12.7. The Morgan fingerprint density at radius 3 is 2.52 bits per heavy atom. The van der Waals surface area contributed by atoms with E-state index in [1.807, 2.05) is 0 Å². The molecule has 0 fully saturated rings. The summed E-state index contributed by atoms with van der Waals surface area (Å²) >= 11 is 0. The van der Waals surface area contributed by atoms with Crippen LogP contribution in [0.3, 0.4) is 0 Å². The van der Waals surface area contributed by atoms with Crippen LogP contribution in [0.1, 0.15) is 10.4 Å². The van der Waals surface area contributed by atoms with Gasteiger partial charge in [-0.15, -0.1) is 0 Å². The minimum absolute atomic E-state index is 0.00550. The number of carbonyl (C=O) groups excluding carboxylic acids is 1. The summed E-state index contributed by atoms with van der Waals surface area (Å²) in [6.45, 7) is 0.585. The molecule has 0 saturated heterocycles. The number of hydrogen-bond acceptors (Lipinski definition) is 7. The van der Waals surface area contributed by atoms with Crippen LogP contribution in [0, 0.1) is 0 Å². The number of oxazole rings is 1. The van der Waals surface area contributed by atoms with Crippen molar-refractivity contribution in [2.24, 2.45) is 0 Å². The normalized spacial score (nSPS) is 13.8. The molecule has 10 heteroatoms. The SMILES string of the molecule is CN(C)S(=O)(=O)c1ccc2c(c1)oc(=O)n2CC(=O)c1ccc2c(c1)OCCO2. The van der Waals surface area contributed by atoms with Crippen LogP contribution in [0.2, 0.25) is 0 Å². The van der Waals surface area contributed by atoms with Gasteiger partial charge in [-0.25, -0.2) is 17.5 Å². The van der Waals surface area contributed by atoms with Crippen LogP contribution < -0.4 is 15.2 Å². The van der Waals surface area contributed by atoms with E-state index in [1.54, 1.807) is 18.2 Å². The molecule has 4 rings (SSSR count). The number of aromatic nitrogens is 1. The second-order valence-electron chi connectivity index (χ2n) is 6.65. The van der Waals surface area contributed by atoms with Gasteiger partial charge >= 0.3 is 5.76 Å². The lowest BCUT2D eigenvalue weighted by molar-refractivity contribution is 0.0969. The van der Waals surface area contributed by atoms with Gasteiger partial charge in [0.05, 0.1) is 17.0 Å². The topological polar surface area (TPSA) is 108 Å². The minimum Gasteiger partial charge on any atom is -0.486 e. The van der Waals surface area contributed by atoms with E-state index in [0.717, 1.165) is 4.31 Å². The highest BCUT2D eigenvalue weighted by molar-refractivity contribution is 7.89. The molecule has 152 valence electrons. The number of ketones is 1. The molecular weight excluding hydrogens is 400 g/mol. The van der Waals surface area contributed by atoms with E-state index < -0.39 is 15.8 Å². The van der Waals surface area contributed by atoms with Crippen molar-refractivity contribution in [2.45, 2.75) is 11.4 Å². The molecule has 0 saturated carbocycles. The Morgan fingerprint density at radius 1 is 1.07 bits per heavy atom. The predicted molar refractivity (Wildman–Crippen MR) is 103 cm³/mol. The lowest BCUT2D eigenvalue weighted by atomic mass is 10.1. The molecule has 3 aromatic rings. The van der Waals surface area contributed by atoms with Crippen LogP contribution in [-0.4, -0.2) is 50.4 Å². The lowest BCUT2D eigenvalue weighted by Crippen LogP contribution is -2.22. The summed E-state index contributed by atoms with van der Waals surface area (Å²) in [5.41, 5.74) is 0.786. The maximum Gasteiger partial charge on any atom is 0.420 e. The first-order valence-corrected chi connectivity index (χ1v) is 10.2. The quantitative estimate of drug-likeness (QED) is 0.578. The van der Waals surface area contributed by atoms with E-state index in [9.17, 15) is 18.0 Å². The first kappa shape index (κ1) is 19.2. The minimum atomic E-state index is -3.68. The highest BCUT2D eigenvalue weighted by Gasteiger charge is 2.21. The molecule has 0 aliphatic carbocycles. The van der Waals surface area contributed by atoms with Crippen molar-refractivity contribution in [1.29, 1.82) is 0 Å². The van der Waals surface area contributed by atoms with E-state index in [-0.39, 0.29) is 22.8 Å². The second-order valence-corrected chi connectivity index (χ2v) is 8.80. The number of carbonyl (C=O) groups is 1. The molecule has 0 spiro atoms. The van der Waals surface area contributed by atoms with Crippen LogP contribution in [0.15, 0.2) is 50.5 Å². The number of hydrogen-bond donors (Lipinski definition) is 0. The zero-order chi connectivity index (χ0) is 20.8. The van der Waals surface area contributed by atoms with Crippen molar-refractivity contribution in [3.8, 4) is 11.5 Å². The van der Waals surface area contributed by atoms with E-state index in [0.29, 0.717) is 35.8 Å². The largest absolute Gasteiger partial charge is 0.486 e. The number of benzene rings is 2. The van der Waals surface area contributed by atoms with Crippen molar-refractivity contribution in [2.75, 3.05) is 27.3 Å². The van der Waals surface area contributed by atoms with Gasteiger partial charge in [-0.2, -0.15) is 0 Å².